The molecule has 68 valence electrons. The van der Waals surface area contributed by atoms with Crippen molar-refractivity contribution in [1.29, 1.82) is 0 Å². The average Bonchev–Trinajstić information content (AvgIpc) is 2.59. The summed E-state index contributed by atoms with van der Waals surface area (Å²) in [6.07, 6.45) is 3.85. The Bertz CT molecular complexity index is 368. The molecule has 0 unspecified atom stereocenters. The van der Waals surface area contributed by atoms with Crippen molar-refractivity contribution >= 4 is 23.4 Å². The Kier molecular flexibility index (Phi) is 2.06. The van der Waals surface area contributed by atoms with Crippen molar-refractivity contribution in [3.63, 3.8) is 0 Å². The van der Waals surface area contributed by atoms with Gasteiger partial charge in [0.1, 0.15) is 4.88 Å². The zero-order valence-corrected chi connectivity index (χ0v) is 7.98. The van der Waals surface area contributed by atoms with Gasteiger partial charge in [-0.15, -0.1) is 11.3 Å². The molecular formula is C9H9NO2S. The number of rotatable bonds is 1. The summed E-state index contributed by atoms with van der Waals surface area (Å²) >= 11 is 1.48. The minimum atomic E-state index is -0.257. The molecular weight excluding hydrogens is 186 g/mol. The number of carbonyl (C=O) groups is 1. The van der Waals surface area contributed by atoms with Gasteiger partial charge in [0.2, 0.25) is 0 Å². The number of fused-ring (bicyclic) bond motifs is 1. The predicted molar refractivity (Wildman–Crippen MR) is 51.5 cm³/mol. The van der Waals surface area contributed by atoms with E-state index in [1.807, 2.05) is 18.3 Å². The number of hydrogen-bond donors (Lipinski definition) is 1. The third-order valence-corrected chi connectivity index (χ3v) is 3.00. The molecule has 13 heavy (non-hydrogen) atoms. The van der Waals surface area contributed by atoms with Crippen LogP contribution in [-0.4, -0.2) is 13.1 Å². The number of nitrogens with one attached hydrogen (secondary N) is 1. The number of ether oxygens (including phenoxy) is 1. The third-order valence-electron chi connectivity index (χ3n) is 1.87. The summed E-state index contributed by atoms with van der Waals surface area (Å²) in [5.41, 5.74) is 1.11. The molecule has 4 heteroatoms. The van der Waals surface area contributed by atoms with E-state index in [2.05, 4.69) is 10.1 Å². The van der Waals surface area contributed by atoms with E-state index in [9.17, 15) is 4.79 Å². The van der Waals surface area contributed by atoms with Gasteiger partial charge in [0.15, 0.2) is 0 Å². The highest BCUT2D eigenvalue weighted by atomic mass is 32.1. The molecule has 0 spiro atoms. The van der Waals surface area contributed by atoms with Crippen LogP contribution in [0.3, 0.4) is 0 Å². The van der Waals surface area contributed by atoms with E-state index in [4.69, 9.17) is 0 Å². The van der Waals surface area contributed by atoms with E-state index in [1.165, 1.54) is 23.3 Å². The summed E-state index contributed by atoms with van der Waals surface area (Å²) in [5, 5.41) is 3.09. The second kappa shape index (κ2) is 3.22. The van der Waals surface area contributed by atoms with Crippen LogP contribution in [0.25, 0.3) is 6.08 Å². The molecule has 0 aromatic carbocycles. The van der Waals surface area contributed by atoms with Crippen LogP contribution in [0.1, 0.15) is 20.1 Å². The Hall–Kier alpha value is -1.29. The molecule has 1 aromatic rings. The molecule has 0 saturated carbocycles. The van der Waals surface area contributed by atoms with Gasteiger partial charge in [-0.3, -0.25) is 0 Å². The summed E-state index contributed by atoms with van der Waals surface area (Å²) < 4.78 is 4.64. The molecule has 1 aromatic heterocycles. The summed E-state index contributed by atoms with van der Waals surface area (Å²) in [4.78, 5) is 13.0. The Labute approximate surface area is 80.0 Å². The Balaban J connectivity index is 2.36. The fourth-order valence-electron chi connectivity index (χ4n) is 1.22. The maximum absolute atomic E-state index is 11.2. The zero-order chi connectivity index (χ0) is 9.26. The maximum atomic E-state index is 11.2. The number of thiophene rings is 1. The number of hydrogen-bond acceptors (Lipinski definition) is 4. The standard InChI is InChI=1S/C9H9NO2S/c1-12-9(11)7-4-6-2-3-10-5-8(6)13-7/h2-4,10H,5H2,1H3. The van der Waals surface area contributed by atoms with E-state index in [1.54, 1.807) is 0 Å². The van der Waals surface area contributed by atoms with Crippen LogP contribution in [0.4, 0.5) is 0 Å². The van der Waals surface area contributed by atoms with Crippen molar-refractivity contribution in [2.75, 3.05) is 7.11 Å². The van der Waals surface area contributed by atoms with Crippen LogP contribution in [0.15, 0.2) is 12.3 Å². The van der Waals surface area contributed by atoms with Crippen molar-refractivity contribution in [1.82, 2.24) is 5.32 Å². The van der Waals surface area contributed by atoms with Crippen LogP contribution in [0.5, 0.6) is 0 Å². The summed E-state index contributed by atoms with van der Waals surface area (Å²) in [7, 11) is 1.40. The van der Waals surface area contributed by atoms with Gasteiger partial charge in [-0.1, -0.05) is 0 Å². The first kappa shape index (κ1) is 8.31. The third kappa shape index (κ3) is 1.45. The van der Waals surface area contributed by atoms with Gasteiger partial charge in [-0.2, -0.15) is 0 Å². The van der Waals surface area contributed by atoms with Crippen molar-refractivity contribution in [3.8, 4) is 0 Å². The zero-order valence-electron chi connectivity index (χ0n) is 7.16. The fraction of sp³-hybridized carbons (Fsp3) is 0.222. The van der Waals surface area contributed by atoms with Gasteiger partial charge in [-0.25, -0.2) is 4.79 Å². The van der Waals surface area contributed by atoms with Crippen LogP contribution in [-0.2, 0) is 11.3 Å². The lowest BCUT2D eigenvalue weighted by atomic mass is 10.2. The minimum Gasteiger partial charge on any atom is -0.465 e. The smallest absolute Gasteiger partial charge is 0.348 e. The maximum Gasteiger partial charge on any atom is 0.348 e. The number of carbonyl (C=O) groups excluding carboxylic acids is 1. The average molecular weight is 195 g/mol. The monoisotopic (exact) mass is 195 g/mol. The first-order valence-electron chi connectivity index (χ1n) is 3.92. The minimum absolute atomic E-state index is 0.257. The van der Waals surface area contributed by atoms with Crippen LogP contribution in [0, 0.1) is 0 Å². The molecule has 0 saturated heterocycles. The fourth-order valence-corrected chi connectivity index (χ4v) is 2.24. The van der Waals surface area contributed by atoms with Gasteiger partial charge in [-0.05, 0) is 23.9 Å². The van der Waals surface area contributed by atoms with Crippen molar-refractivity contribution in [3.05, 3.63) is 27.6 Å². The molecule has 0 aliphatic carbocycles. The summed E-state index contributed by atoms with van der Waals surface area (Å²) in [6.45, 7) is 0.799. The Morgan fingerprint density at radius 3 is 3.23 bits per heavy atom. The second-order valence-corrected chi connectivity index (χ2v) is 3.83. The Morgan fingerprint density at radius 2 is 2.54 bits per heavy atom. The van der Waals surface area contributed by atoms with Gasteiger partial charge < -0.3 is 10.1 Å². The van der Waals surface area contributed by atoms with Gasteiger partial charge in [0, 0.05) is 11.4 Å². The highest BCUT2D eigenvalue weighted by Gasteiger charge is 2.14. The molecule has 1 aliphatic heterocycles. The summed E-state index contributed by atoms with van der Waals surface area (Å²) in [6, 6.07) is 1.86. The lowest BCUT2D eigenvalue weighted by molar-refractivity contribution is 0.0606. The van der Waals surface area contributed by atoms with E-state index in [0.717, 1.165) is 12.1 Å². The number of esters is 1. The van der Waals surface area contributed by atoms with Crippen LogP contribution < -0.4 is 5.32 Å². The normalized spacial score (nSPS) is 13.3. The molecule has 0 radical (unpaired) electrons. The molecule has 0 fully saturated rings. The summed E-state index contributed by atoms with van der Waals surface area (Å²) in [5.74, 6) is -0.257. The van der Waals surface area contributed by atoms with Crippen molar-refractivity contribution in [2.24, 2.45) is 0 Å². The predicted octanol–water partition coefficient (Wildman–Crippen LogP) is 1.61. The molecule has 1 aliphatic rings. The van der Waals surface area contributed by atoms with Crippen molar-refractivity contribution < 1.29 is 9.53 Å². The molecule has 2 rings (SSSR count). The van der Waals surface area contributed by atoms with E-state index >= 15 is 0 Å². The SMILES string of the molecule is COC(=O)c1cc2c(s1)CNC=C2. The first-order chi connectivity index (χ1) is 6.31. The topological polar surface area (TPSA) is 38.3 Å². The lowest BCUT2D eigenvalue weighted by Gasteiger charge is -2.04. The lowest BCUT2D eigenvalue weighted by Crippen LogP contribution is -2.06. The number of methoxy groups -OCH3 is 1. The first-order valence-corrected chi connectivity index (χ1v) is 4.74. The highest BCUT2D eigenvalue weighted by molar-refractivity contribution is 7.14. The second-order valence-electron chi connectivity index (χ2n) is 2.69. The highest BCUT2D eigenvalue weighted by Crippen LogP contribution is 2.25. The van der Waals surface area contributed by atoms with Gasteiger partial charge in [0.25, 0.3) is 0 Å². The molecule has 0 bridgehead atoms. The van der Waals surface area contributed by atoms with Crippen LogP contribution in [0.2, 0.25) is 0 Å². The van der Waals surface area contributed by atoms with Crippen LogP contribution >= 0.6 is 11.3 Å². The Morgan fingerprint density at radius 1 is 1.69 bits per heavy atom. The largest absolute Gasteiger partial charge is 0.465 e. The van der Waals surface area contributed by atoms with E-state index in [-0.39, 0.29) is 5.97 Å². The molecule has 1 N–H and O–H groups in total. The molecule has 0 amide bonds. The molecule has 2 heterocycles. The van der Waals surface area contributed by atoms with E-state index in [0.29, 0.717) is 4.88 Å². The quantitative estimate of drug-likeness (QED) is 0.692. The molecule has 3 nitrogen and oxygen atoms in total. The van der Waals surface area contributed by atoms with E-state index < -0.39 is 0 Å². The molecule has 0 atom stereocenters. The van der Waals surface area contributed by atoms with Crippen molar-refractivity contribution in [2.45, 2.75) is 6.54 Å². The van der Waals surface area contributed by atoms with Gasteiger partial charge >= 0.3 is 5.97 Å². The van der Waals surface area contributed by atoms with Gasteiger partial charge in [0.05, 0.1) is 7.11 Å².